The first kappa shape index (κ1) is 14.6. The maximum atomic E-state index is 11.8. The van der Waals surface area contributed by atoms with E-state index in [0.29, 0.717) is 0 Å². The number of nitrogens with one attached hydrogen (secondary N) is 1. The summed E-state index contributed by atoms with van der Waals surface area (Å²) in [7, 11) is 0. The zero-order valence-electron chi connectivity index (χ0n) is 10.6. The molecule has 1 amide bonds. The van der Waals surface area contributed by atoms with Crippen molar-refractivity contribution >= 4 is 29.4 Å². The average molecular weight is 305 g/mol. The lowest BCUT2D eigenvalue weighted by molar-refractivity contribution is -0.385. The number of para-hydroxylation sites is 1. The summed E-state index contributed by atoms with van der Waals surface area (Å²) in [6, 6.07) is 9.10. The molecule has 0 spiro atoms. The van der Waals surface area contributed by atoms with Gasteiger partial charge >= 0.3 is 0 Å². The Morgan fingerprint density at radius 3 is 2.81 bits per heavy atom. The Kier molecular flexibility index (Phi) is 4.57. The van der Waals surface area contributed by atoms with Crippen molar-refractivity contribution in [1.82, 2.24) is 10.4 Å². The van der Waals surface area contributed by atoms with Gasteiger partial charge in [-0.15, -0.1) is 0 Å². The quantitative estimate of drug-likeness (QED) is 0.406. The van der Waals surface area contributed by atoms with E-state index < -0.39 is 10.8 Å². The molecule has 0 saturated heterocycles. The van der Waals surface area contributed by atoms with E-state index in [0.717, 1.165) is 0 Å². The van der Waals surface area contributed by atoms with Crippen LogP contribution in [0.2, 0.25) is 5.15 Å². The zero-order valence-corrected chi connectivity index (χ0v) is 11.3. The summed E-state index contributed by atoms with van der Waals surface area (Å²) in [6.45, 7) is 0. The highest BCUT2D eigenvalue weighted by Gasteiger charge is 2.11. The number of hydrogen-bond donors (Lipinski definition) is 1. The second-order valence-corrected chi connectivity index (χ2v) is 4.21. The highest BCUT2D eigenvalue weighted by Crippen LogP contribution is 2.15. The molecule has 1 N–H and O–H groups in total. The van der Waals surface area contributed by atoms with E-state index in [1.807, 2.05) is 0 Å². The average Bonchev–Trinajstić information content (AvgIpc) is 2.48. The SMILES string of the molecule is O=C(NN=Cc1ccccc1[N+](=O)[O-])c1cccnc1Cl. The van der Waals surface area contributed by atoms with Crippen LogP contribution in [0.25, 0.3) is 0 Å². The van der Waals surface area contributed by atoms with Gasteiger partial charge in [-0.1, -0.05) is 23.7 Å². The van der Waals surface area contributed by atoms with Crippen LogP contribution in [0.4, 0.5) is 5.69 Å². The van der Waals surface area contributed by atoms with Crippen molar-refractivity contribution < 1.29 is 9.72 Å². The fourth-order valence-electron chi connectivity index (χ4n) is 1.54. The number of rotatable bonds is 4. The molecular weight excluding hydrogens is 296 g/mol. The number of carbonyl (C=O) groups is 1. The molecule has 0 fully saturated rings. The number of benzene rings is 1. The largest absolute Gasteiger partial charge is 0.278 e. The summed E-state index contributed by atoms with van der Waals surface area (Å²) in [6.07, 6.45) is 2.65. The van der Waals surface area contributed by atoms with E-state index in [1.165, 1.54) is 30.6 Å². The molecule has 21 heavy (non-hydrogen) atoms. The number of amides is 1. The molecule has 0 unspecified atom stereocenters. The number of aromatic nitrogens is 1. The van der Waals surface area contributed by atoms with Gasteiger partial charge in [0.1, 0.15) is 5.15 Å². The predicted molar refractivity (Wildman–Crippen MR) is 77.4 cm³/mol. The normalized spacial score (nSPS) is 10.5. The second-order valence-electron chi connectivity index (χ2n) is 3.86. The van der Waals surface area contributed by atoms with Crippen molar-refractivity contribution in [3.8, 4) is 0 Å². The fourth-order valence-corrected chi connectivity index (χ4v) is 1.74. The first-order chi connectivity index (χ1) is 10.1. The van der Waals surface area contributed by atoms with Crippen molar-refractivity contribution in [1.29, 1.82) is 0 Å². The number of hydrogen-bond acceptors (Lipinski definition) is 5. The lowest BCUT2D eigenvalue weighted by Crippen LogP contribution is -2.18. The molecule has 0 aliphatic rings. The number of carbonyl (C=O) groups excluding carboxylic acids is 1. The standard InChI is InChI=1S/C13H9ClN4O3/c14-12-10(5-3-7-15-12)13(19)17-16-8-9-4-1-2-6-11(9)18(20)21/h1-8H,(H,17,19). The summed E-state index contributed by atoms with van der Waals surface area (Å²) in [5.41, 5.74) is 2.58. The number of hydrazone groups is 1. The van der Waals surface area contributed by atoms with Crippen LogP contribution in [0.5, 0.6) is 0 Å². The molecule has 1 aromatic carbocycles. The third-order valence-electron chi connectivity index (χ3n) is 2.51. The number of halogens is 1. The van der Waals surface area contributed by atoms with Gasteiger partial charge in [0.25, 0.3) is 11.6 Å². The van der Waals surface area contributed by atoms with Crippen molar-refractivity contribution in [3.63, 3.8) is 0 Å². The minimum atomic E-state index is -0.553. The van der Waals surface area contributed by atoms with E-state index >= 15 is 0 Å². The molecule has 0 atom stereocenters. The predicted octanol–water partition coefficient (Wildman–Crippen LogP) is 2.41. The first-order valence-electron chi connectivity index (χ1n) is 5.77. The molecule has 1 aromatic heterocycles. The van der Waals surface area contributed by atoms with Gasteiger partial charge in [0.2, 0.25) is 0 Å². The number of pyridine rings is 1. The van der Waals surface area contributed by atoms with Crippen LogP contribution >= 0.6 is 11.6 Å². The number of nitro groups is 1. The summed E-state index contributed by atoms with van der Waals surface area (Å²) in [4.78, 5) is 25.8. The third kappa shape index (κ3) is 3.61. The molecule has 0 bridgehead atoms. The van der Waals surface area contributed by atoms with Gasteiger partial charge in [-0.05, 0) is 18.2 Å². The maximum absolute atomic E-state index is 11.8. The van der Waals surface area contributed by atoms with Crippen LogP contribution in [-0.4, -0.2) is 22.0 Å². The molecule has 0 radical (unpaired) electrons. The van der Waals surface area contributed by atoms with Crippen LogP contribution in [-0.2, 0) is 0 Å². The van der Waals surface area contributed by atoms with Gasteiger partial charge < -0.3 is 0 Å². The van der Waals surface area contributed by atoms with Crippen molar-refractivity contribution in [2.75, 3.05) is 0 Å². The molecule has 1 heterocycles. The minimum Gasteiger partial charge on any atom is -0.267 e. The topological polar surface area (TPSA) is 97.5 Å². The van der Waals surface area contributed by atoms with E-state index in [4.69, 9.17) is 11.6 Å². The van der Waals surface area contributed by atoms with Gasteiger partial charge in [-0.3, -0.25) is 14.9 Å². The molecule has 106 valence electrons. The van der Waals surface area contributed by atoms with E-state index in [2.05, 4.69) is 15.5 Å². The fraction of sp³-hybridized carbons (Fsp3) is 0. The van der Waals surface area contributed by atoms with Gasteiger partial charge in [0.15, 0.2) is 0 Å². The highest BCUT2D eigenvalue weighted by molar-refractivity contribution is 6.32. The van der Waals surface area contributed by atoms with E-state index in [1.54, 1.807) is 18.2 Å². The Hall–Kier alpha value is -2.80. The molecule has 8 heteroatoms. The molecule has 0 saturated carbocycles. The third-order valence-corrected chi connectivity index (χ3v) is 2.81. The Bertz CT molecular complexity index is 718. The number of nitrogens with zero attached hydrogens (tertiary/aromatic N) is 3. The Morgan fingerprint density at radius 1 is 1.33 bits per heavy atom. The molecular formula is C13H9ClN4O3. The minimum absolute atomic E-state index is 0.0518. The van der Waals surface area contributed by atoms with Gasteiger partial charge in [0.05, 0.1) is 22.3 Å². The molecule has 0 aliphatic carbocycles. The smallest absolute Gasteiger partial charge is 0.267 e. The van der Waals surface area contributed by atoms with E-state index in [9.17, 15) is 14.9 Å². The maximum Gasteiger partial charge on any atom is 0.278 e. The van der Waals surface area contributed by atoms with Crippen molar-refractivity contribution in [2.45, 2.75) is 0 Å². The molecule has 7 nitrogen and oxygen atoms in total. The summed E-state index contributed by atoms with van der Waals surface area (Å²) in [5.74, 6) is -0.553. The van der Waals surface area contributed by atoms with Crippen LogP contribution in [0, 0.1) is 10.1 Å². The lowest BCUT2D eigenvalue weighted by atomic mass is 10.2. The van der Waals surface area contributed by atoms with Crippen molar-refractivity contribution in [3.05, 3.63) is 69.0 Å². The second kappa shape index (κ2) is 6.58. The van der Waals surface area contributed by atoms with Crippen molar-refractivity contribution in [2.24, 2.45) is 5.10 Å². The molecule has 0 aliphatic heterocycles. The highest BCUT2D eigenvalue weighted by atomic mass is 35.5. The van der Waals surface area contributed by atoms with Gasteiger partial charge in [0, 0.05) is 12.3 Å². The molecule has 2 rings (SSSR count). The lowest BCUT2D eigenvalue weighted by Gasteiger charge is -2.01. The van der Waals surface area contributed by atoms with Crippen LogP contribution in [0.3, 0.4) is 0 Å². The Balaban J connectivity index is 2.12. The summed E-state index contributed by atoms with van der Waals surface area (Å²) in [5, 5.41) is 14.6. The Morgan fingerprint density at radius 2 is 2.10 bits per heavy atom. The van der Waals surface area contributed by atoms with Crippen LogP contribution in [0.1, 0.15) is 15.9 Å². The summed E-state index contributed by atoms with van der Waals surface area (Å²) >= 11 is 5.77. The molecule has 2 aromatic rings. The van der Waals surface area contributed by atoms with E-state index in [-0.39, 0.29) is 22.0 Å². The number of nitro benzene ring substituents is 1. The Labute approximate surface area is 124 Å². The van der Waals surface area contributed by atoms with Gasteiger partial charge in [-0.2, -0.15) is 5.10 Å². The van der Waals surface area contributed by atoms with Crippen LogP contribution in [0.15, 0.2) is 47.7 Å². The monoisotopic (exact) mass is 304 g/mol. The zero-order chi connectivity index (χ0) is 15.2. The first-order valence-corrected chi connectivity index (χ1v) is 6.14. The van der Waals surface area contributed by atoms with Crippen LogP contribution < -0.4 is 5.43 Å². The van der Waals surface area contributed by atoms with Gasteiger partial charge in [-0.25, -0.2) is 10.4 Å². The summed E-state index contributed by atoms with van der Waals surface area (Å²) < 4.78 is 0.